The van der Waals surface area contributed by atoms with Gasteiger partial charge in [0, 0.05) is 30.4 Å². The van der Waals surface area contributed by atoms with Crippen LogP contribution >= 0.6 is 0 Å². The van der Waals surface area contributed by atoms with Gasteiger partial charge in [0.2, 0.25) is 5.91 Å². The third-order valence-electron chi connectivity index (χ3n) is 6.03. The van der Waals surface area contributed by atoms with Crippen LogP contribution in [0.1, 0.15) is 54.9 Å². The fourth-order valence-corrected chi connectivity index (χ4v) is 4.24. The standard InChI is InChI=1S/C25H30FNO4/c1-2-31-21-11-7-19(8-12-21)22(28)13-14-24(30)27-17-25(15-3-4-23(25)29)16-18-5-9-20(26)10-6-18/h5-12,23,29H,2-4,13-17H2,1H3,(H,27,30). The van der Waals surface area contributed by atoms with E-state index in [0.717, 1.165) is 18.4 Å². The molecule has 0 aromatic heterocycles. The predicted octanol–water partition coefficient (Wildman–Crippen LogP) is 4.08. The number of ether oxygens (including phenoxy) is 1. The van der Waals surface area contributed by atoms with E-state index < -0.39 is 11.5 Å². The number of rotatable bonds is 10. The molecule has 2 aromatic rings. The van der Waals surface area contributed by atoms with Gasteiger partial charge < -0.3 is 15.2 Å². The van der Waals surface area contributed by atoms with Gasteiger partial charge in [-0.05, 0) is 68.1 Å². The van der Waals surface area contributed by atoms with Gasteiger partial charge in [0.25, 0.3) is 0 Å². The topological polar surface area (TPSA) is 75.6 Å². The molecule has 1 fully saturated rings. The average molecular weight is 428 g/mol. The Hall–Kier alpha value is -2.73. The number of amides is 1. The SMILES string of the molecule is CCOc1ccc(C(=O)CCC(=O)NCC2(Cc3ccc(F)cc3)CCCC2O)cc1. The first-order chi connectivity index (χ1) is 14.9. The number of ketones is 1. The largest absolute Gasteiger partial charge is 0.494 e. The summed E-state index contributed by atoms with van der Waals surface area (Å²) in [6.45, 7) is 2.79. The highest BCUT2D eigenvalue weighted by Gasteiger charge is 2.42. The van der Waals surface area contributed by atoms with Crippen LogP contribution in [0.4, 0.5) is 4.39 Å². The van der Waals surface area contributed by atoms with Crippen LogP contribution in [0.5, 0.6) is 5.75 Å². The van der Waals surface area contributed by atoms with Crippen LogP contribution in [0.3, 0.4) is 0 Å². The van der Waals surface area contributed by atoms with Crippen molar-refractivity contribution < 1.29 is 23.8 Å². The molecule has 2 unspecified atom stereocenters. The molecule has 0 bridgehead atoms. The molecule has 166 valence electrons. The molecular formula is C25H30FNO4. The second-order valence-corrected chi connectivity index (χ2v) is 8.23. The predicted molar refractivity (Wildman–Crippen MR) is 117 cm³/mol. The molecule has 5 nitrogen and oxygen atoms in total. The summed E-state index contributed by atoms with van der Waals surface area (Å²) in [5, 5.41) is 13.5. The number of Topliss-reactive ketones (excluding diaryl/α,β-unsaturated/α-hetero) is 1. The zero-order valence-corrected chi connectivity index (χ0v) is 17.9. The van der Waals surface area contributed by atoms with Gasteiger partial charge in [-0.3, -0.25) is 9.59 Å². The summed E-state index contributed by atoms with van der Waals surface area (Å²) in [4.78, 5) is 24.8. The van der Waals surface area contributed by atoms with Gasteiger partial charge in [0.05, 0.1) is 12.7 Å². The normalized spacial score (nSPS) is 20.4. The van der Waals surface area contributed by atoms with E-state index in [0.29, 0.717) is 37.3 Å². The van der Waals surface area contributed by atoms with E-state index in [1.807, 2.05) is 6.92 Å². The minimum Gasteiger partial charge on any atom is -0.494 e. The highest BCUT2D eigenvalue weighted by Crippen LogP contribution is 2.41. The van der Waals surface area contributed by atoms with Crippen molar-refractivity contribution in [1.29, 1.82) is 0 Å². The van der Waals surface area contributed by atoms with Gasteiger partial charge in [0.1, 0.15) is 11.6 Å². The molecule has 2 aromatic carbocycles. The van der Waals surface area contributed by atoms with Crippen molar-refractivity contribution in [1.82, 2.24) is 5.32 Å². The molecule has 6 heteroatoms. The molecule has 2 N–H and O–H groups in total. The molecule has 1 saturated carbocycles. The first kappa shape index (κ1) is 22.9. The molecule has 0 spiro atoms. The van der Waals surface area contributed by atoms with E-state index in [4.69, 9.17) is 4.74 Å². The number of benzene rings is 2. The van der Waals surface area contributed by atoms with E-state index in [1.165, 1.54) is 12.1 Å². The third kappa shape index (κ3) is 6.14. The lowest BCUT2D eigenvalue weighted by molar-refractivity contribution is -0.121. The van der Waals surface area contributed by atoms with Gasteiger partial charge in [-0.1, -0.05) is 18.6 Å². The van der Waals surface area contributed by atoms with Gasteiger partial charge in [0.15, 0.2) is 5.78 Å². The number of nitrogens with one attached hydrogen (secondary N) is 1. The number of hydrogen-bond acceptors (Lipinski definition) is 4. The Balaban J connectivity index is 1.52. The number of aliphatic hydroxyl groups is 1. The van der Waals surface area contributed by atoms with Crippen molar-refractivity contribution in [2.45, 2.75) is 51.6 Å². The fraction of sp³-hybridized carbons (Fsp3) is 0.440. The Morgan fingerprint density at radius 3 is 2.45 bits per heavy atom. The number of halogens is 1. The van der Waals surface area contributed by atoms with Crippen LogP contribution in [-0.4, -0.2) is 36.1 Å². The Morgan fingerprint density at radius 2 is 1.84 bits per heavy atom. The second-order valence-electron chi connectivity index (χ2n) is 8.23. The Kier molecular flexibility index (Phi) is 7.80. The number of hydrogen-bond donors (Lipinski definition) is 2. The first-order valence-electron chi connectivity index (χ1n) is 10.9. The second kappa shape index (κ2) is 10.5. The molecule has 0 saturated heterocycles. The summed E-state index contributed by atoms with van der Waals surface area (Å²) in [5.74, 6) is 0.102. The summed E-state index contributed by atoms with van der Waals surface area (Å²) in [7, 11) is 0. The van der Waals surface area contributed by atoms with Crippen molar-refractivity contribution in [3.8, 4) is 5.75 Å². The molecule has 2 atom stereocenters. The van der Waals surface area contributed by atoms with Crippen molar-refractivity contribution in [3.63, 3.8) is 0 Å². The van der Waals surface area contributed by atoms with E-state index >= 15 is 0 Å². The van der Waals surface area contributed by atoms with Gasteiger partial charge in [-0.2, -0.15) is 0 Å². The van der Waals surface area contributed by atoms with Crippen LogP contribution in [0.15, 0.2) is 48.5 Å². The van der Waals surface area contributed by atoms with Crippen LogP contribution in [0.25, 0.3) is 0 Å². The third-order valence-corrected chi connectivity index (χ3v) is 6.03. The summed E-state index contributed by atoms with van der Waals surface area (Å²) < 4.78 is 18.6. The average Bonchev–Trinajstić information content (AvgIpc) is 3.13. The Labute approximate surface area is 182 Å². The Morgan fingerprint density at radius 1 is 1.13 bits per heavy atom. The van der Waals surface area contributed by atoms with Gasteiger partial charge in [-0.25, -0.2) is 4.39 Å². The van der Waals surface area contributed by atoms with Crippen LogP contribution in [-0.2, 0) is 11.2 Å². The highest BCUT2D eigenvalue weighted by molar-refractivity contribution is 5.98. The van der Waals surface area contributed by atoms with Gasteiger partial charge >= 0.3 is 0 Å². The fourth-order valence-electron chi connectivity index (χ4n) is 4.24. The van der Waals surface area contributed by atoms with Crippen molar-refractivity contribution in [2.75, 3.05) is 13.2 Å². The molecule has 0 heterocycles. The molecule has 0 aliphatic heterocycles. The molecule has 3 rings (SSSR count). The first-order valence-corrected chi connectivity index (χ1v) is 10.9. The maximum absolute atomic E-state index is 13.2. The summed E-state index contributed by atoms with van der Waals surface area (Å²) in [5.41, 5.74) is 1.02. The van der Waals surface area contributed by atoms with E-state index in [-0.39, 0.29) is 30.3 Å². The molecule has 1 aliphatic rings. The maximum Gasteiger partial charge on any atom is 0.220 e. The minimum absolute atomic E-state index is 0.0920. The van der Waals surface area contributed by atoms with E-state index in [2.05, 4.69) is 5.32 Å². The lowest BCUT2D eigenvalue weighted by Gasteiger charge is -2.33. The number of carbonyl (C=O) groups excluding carboxylic acids is 2. The summed E-state index contributed by atoms with van der Waals surface area (Å²) in [6, 6.07) is 13.2. The van der Waals surface area contributed by atoms with Crippen LogP contribution in [0, 0.1) is 11.2 Å². The van der Waals surface area contributed by atoms with E-state index in [9.17, 15) is 19.1 Å². The van der Waals surface area contributed by atoms with Crippen molar-refractivity contribution in [3.05, 3.63) is 65.5 Å². The summed E-state index contributed by atoms with van der Waals surface area (Å²) >= 11 is 0. The minimum atomic E-state index is -0.525. The number of aliphatic hydroxyl groups excluding tert-OH is 1. The summed E-state index contributed by atoms with van der Waals surface area (Å²) in [6.07, 6.45) is 2.61. The van der Waals surface area contributed by atoms with Gasteiger partial charge in [-0.15, -0.1) is 0 Å². The lowest BCUT2D eigenvalue weighted by Crippen LogP contribution is -2.44. The molecule has 0 radical (unpaired) electrons. The molecule has 31 heavy (non-hydrogen) atoms. The molecule has 1 amide bonds. The zero-order chi connectivity index (χ0) is 22.3. The number of carbonyl (C=O) groups is 2. The highest BCUT2D eigenvalue weighted by atomic mass is 19.1. The van der Waals surface area contributed by atoms with Crippen LogP contribution < -0.4 is 10.1 Å². The van der Waals surface area contributed by atoms with Crippen LogP contribution in [0.2, 0.25) is 0 Å². The molecular weight excluding hydrogens is 397 g/mol. The lowest BCUT2D eigenvalue weighted by atomic mass is 9.78. The maximum atomic E-state index is 13.2. The van der Waals surface area contributed by atoms with Crippen molar-refractivity contribution in [2.24, 2.45) is 5.41 Å². The quantitative estimate of drug-likeness (QED) is 0.561. The van der Waals surface area contributed by atoms with E-state index in [1.54, 1.807) is 36.4 Å². The van der Waals surface area contributed by atoms with Crippen molar-refractivity contribution >= 4 is 11.7 Å². The monoisotopic (exact) mass is 427 g/mol. The Bertz CT molecular complexity index is 881. The zero-order valence-electron chi connectivity index (χ0n) is 17.9. The molecule has 1 aliphatic carbocycles. The smallest absolute Gasteiger partial charge is 0.220 e.